The lowest BCUT2D eigenvalue weighted by Gasteiger charge is -2.13. The lowest BCUT2D eigenvalue weighted by atomic mass is 10.0. The van der Waals surface area contributed by atoms with Gasteiger partial charge >= 0.3 is 0 Å². The van der Waals surface area contributed by atoms with Crippen LogP contribution >= 0.6 is 34.8 Å². The Morgan fingerprint density at radius 2 is 1.67 bits per heavy atom. The van der Waals surface area contributed by atoms with E-state index in [4.69, 9.17) is 34.8 Å². The average Bonchev–Trinajstić information content (AvgIpc) is 2.32. The first kappa shape index (κ1) is 13.6. The van der Waals surface area contributed by atoms with E-state index in [0.717, 1.165) is 0 Å². The zero-order valence-electron chi connectivity index (χ0n) is 9.00. The monoisotopic (exact) mass is 304 g/mol. The van der Waals surface area contributed by atoms with E-state index in [-0.39, 0.29) is 5.02 Å². The topological polar surface area (TPSA) is 20.2 Å². The minimum absolute atomic E-state index is 0.0448. The fourth-order valence-electron chi connectivity index (χ4n) is 1.59. The van der Waals surface area contributed by atoms with Crippen LogP contribution in [0.4, 0.5) is 4.39 Å². The van der Waals surface area contributed by atoms with Gasteiger partial charge in [0.25, 0.3) is 0 Å². The zero-order valence-corrected chi connectivity index (χ0v) is 11.3. The SMILES string of the molecule is OC(c1ccc(F)c(Cl)c1)c1ccc(Cl)cc1Cl. The third-order valence-corrected chi connectivity index (χ3v) is 3.37. The Balaban J connectivity index is 2.41. The molecule has 94 valence electrons. The summed E-state index contributed by atoms with van der Waals surface area (Å²) in [5.74, 6) is -0.533. The molecule has 0 aromatic heterocycles. The van der Waals surface area contributed by atoms with Crippen molar-refractivity contribution in [1.29, 1.82) is 0 Å². The molecule has 0 amide bonds. The van der Waals surface area contributed by atoms with Crippen molar-refractivity contribution < 1.29 is 9.50 Å². The molecule has 0 aliphatic heterocycles. The molecule has 0 saturated carbocycles. The van der Waals surface area contributed by atoms with Crippen molar-refractivity contribution in [2.24, 2.45) is 0 Å². The molecule has 0 spiro atoms. The maximum atomic E-state index is 13.0. The number of hydrogen-bond donors (Lipinski definition) is 1. The van der Waals surface area contributed by atoms with E-state index in [1.54, 1.807) is 12.1 Å². The van der Waals surface area contributed by atoms with Crippen LogP contribution in [-0.4, -0.2) is 5.11 Å². The van der Waals surface area contributed by atoms with Crippen molar-refractivity contribution in [3.63, 3.8) is 0 Å². The first-order valence-corrected chi connectivity index (χ1v) is 6.20. The Hall–Kier alpha value is -0.800. The van der Waals surface area contributed by atoms with Gasteiger partial charge in [0.1, 0.15) is 11.9 Å². The molecule has 0 aliphatic rings. The highest BCUT2D eigenvalue weighted by atomic mass is 35.5. The normalized spacial score (nSPS) is 12.5. The van der Waals surface area contributed by atoms with E-state index < -0.39 is 11.9 Å². The summed E-state index contributed by atoms with van der Waals surface area (Å²) < 4.78 is 13.0. The predicted octanol–water partition coefficient (Wildman–Crippen LogP) is 4.87. The summed E-state index contributed by atoms with van der Waals surface area (Å²) in [5, 5.41) is 10.9. The van der Waals surface area contributed by atoms with Crippen LogP contribution in [0.5, 0.6) is 0 Å². The molecule has 0 fully saturated rings. The molecule has 0 heterocycles. The van der Waals surface area contributed by atoms with Crippen LogP contribution in [0.1, 0.15) is 17.2 Å². The minimum Gasteiger partial charge on any atom is -0.384 e. The van der Waals surface area contributed by atoms with Crippen molar-refractivity contribution >= 4 is 34.8 Å². The number of hydrogen-bond acceptors (Lipinski definition) is 1. The van der Waals surface area contributed by atoms with Crippen molar-refractivity contribution in [2.45, 2.75) is 6.10 Å². The summed E-state index contributed by atoms with van der Waals surface area (Å²) in [6.45, 7) is 0. The largest absolute Gasteiger partial charge is 0.384 e. The van der Waals surface area contributed by atoms with Gasteiger partial charge in [-0.3, -0.25) is 0 Å². The highest BCUT2D eigenvalue weighted by molar-refractivity contribution is 6.35. The van der Waals surface area contributed by atoms with E-state index in [2.05, 4.69) is 0 Å². The fourth-order valence-corrected chi connectivity index (χ4v) is 2.29. The smallest absolute Gasteiger partial charge is 0.141 e. The van der Waals surface area contributed by atoms with E-state index >= 15 is 0 Å². The summed E-state index contributed by atoms with van der Waals surface area (Å²) in [6, 6.07) is 8.80. The summed E-state index contributed by atoms with van der Waals surface area (Å²) in [4.78, 5) is 0. The second-order valence-corrected chi connectivity index (χ2v) is 4.99. The van der Waals surface area contributed by atoms with Gasteiger partial charge in [-0.2, -0.15) is 0 Å². The molecule has 1 nitrogen and oxygen atoms in total. The maximum absolute atomic E-state index is 13.0. The maximum Gasteiger partial charge on any atom is 0.141 e. The quantitative estimate of drug-likeness (QED) is 0.839. The molecule has 2 aromatic carbocycles. The molecule has 0 radical (unpaired) electrons. The molecule has 0 aliphatic carbocycles. The van der Waals surface area contributed by atoms with Crippen molar-refractivity contribution in [2.75, 3.05) is 0 Å². The predicted molar refractivity (Wildman–Crippen MR) is 71.9 cm³/mol. The Labute approximate surface area is 119 Å². The molecule has 18 heavy (non-hydrogen) atoms. The summed E-state index contributed by atoms with van der Waals surface area (Å²) >= 11 is 17.4. The standard InChI is InChI=1S/C13H8Cl3FO/c14-8-2-3-9(10(15)6-8)13(18)7-1-4-12(17)11(16)5-7/h1-6,13,18H. The van der Waals surface area contributed by atoms with Crippen LogP contribution < -0.4 is 0 Å². The van der Waals surface area contributed by atoms with Crippen molar-refractivity contribution in [1.82, 2.24) is 0 Å². The molecule has 2 rings (SSSR count). The fraction of sp³-hybridized carbons (Fsp3) is 0.0769. The van der Waals surface area contributed by atoms with Gasteiger partial charge in [0.15, 0.2) is 0 Å². The lowest BCUT2D eigenvalue weighted by molar-refractivity contribution is 0.220. The highest BCUT2D eigenvalue weighted by Gasteiger charge is 2.15. The first-order valence-electron chi connectivity index (χ1n) is 5.07. The number of benzene rings is 2. The van der Waals surface area contributed by atoms with Crippen LogP contribution in [0, 0.1) is 5.82 Å². The molecule has 0 bridgehead atoms. The molecule has 2 aromatic rings. The third-order valence-electron chi connectivity index (χ3n) is 2.52. The molecular formula is C13H8Cl3FO. The summed E-state index contributed by atoms with van der Waals surface area (Å²) in [6.07, 6.45) is -0.979. The van der Waals surface area contributed by atoms with Crippen LogP contribution in [-0.2, 0) is 0 Å². The third kappa shape index (κ3) is 2.78. The van der Waals surface area contributed by atoms with Gasteiger partial charge < -0.3 is 5.11 Å². The van der Waals surface area contributed by atoms with Gasteiger partial charge in [-0.1, -0.05) is 46.9 Å². The van der Waals surface area contributed by atoms with Gasteiger partial charge in [-0.05, 0) is 29.8 Å². The van der Waals surface area contributed by atoms with Crippen LogP contribution in [0.15, 0.2) is 36.4 Å². The van der Waals surface area contributed by atoms with Crippen LogP contribution in [0.25, 0.3) is 0 Å². The van der Waals surface area contributed by atoms with Gasteiger partial charge in [-0.15, -0.1) is 0 Å². The second kappa shape index (κ2) is 5.45. The summed E-state index contributed by atoms with van der Waals surface area (Å²) in [7, 11) is 0. The highest BCUT2D eigenvalue weighted by Crippen LogP contribution is 2.31. The first-order chi connectivity index (χ1) is 8.49. The Morgan fingerprint density at radius 3 is 2.28 bits per heavy atom. The number of aliphatic hydroxyl groups excluding tert-OH is 1. The molecule has 0 saturated heterocycles. The van der Waals surface area contributed by atoms with Gasteiger partial charge in [0.2, 0.25) is 0 Å². The van der Waals surface area contributed by atoms with Crippen molar-refractivity contribution in [3.05, 3.63) is 68.4 Å². The molecule has 1 N–H and O–H groups in total. The van der Waals surface area contributed by atoms with Crippen LogP contribution in [0.3, 0.4) is 0 Å². The van der Waals surface area contributed by atoms with Gasteiger partial charge in [0, 0.05) is 15.6 Å². The van der Waals surface area contributed by atoms with E-state index in [0.29, 0.717) is 21.2 Å². The van der Waals surface area contributed by atoms with Gasteiger partial charge in [0.05, 0.1) is 5.02 Å². The Kier molecular flexibility index (Phi) is 4.13. The van der Waals surface area contributed by atoms with Crippen LogP contribution in [0.2, 0.25) is 15.1 Å². The second-order valence-electron chi connectivity index (χ2n) is 3.74. The molecule has 1 unspecified atom stereocenters. The number of halogens is 4. The average molecular weight is 306 g/mol. The van der Waals surface area contributed by atoms with E-state index in [1.807, 2.05) is 0 Å². The number of aliphatic hydroxyl groups is 1. The minimum atomic E-state index is -0.979. The number of rotatable bonds is 2. The Bertz CT molecular complexity index is 586. The summed E-state index contributed by atoms with van der Waals surface area (Å²) in [5.41, 5.74) is 0.953. The molecule has 5 heteroatoms. The molecular weight excluding hydrogens is 297 g/mol. The van der Waals surface area contributed by atoms with Gasteiger partial charge in [-0.25, -0.2) is 4.39 Å². The lowest BCUT2D eigenvalue weighted by Crippen LogP contribution is -2.01. The molecule has 1 atom stereocenters. The van der Waals surface area contributed by atoms with Crippen molar-refractivity contribution in [3.8, 4) is 0 Å². The Morgan fingerprint density at radius 1 is 0.944 bits per heavy atom. The zero-order chi connectivity index (χ0) is 13.3. The van der Waals surface area contributed by atoms with E-state index in [9.17, 15) is 9.50 Å². The van der Waals surface area contributed by atoms with E-state index in [1.165, 1.54) is 24.3 Å².